The number of aromatic hydroxyl groups is 1. The number of aliphatic hydroxyl groups is 1. The summed E-state index contributed by atoms with van der Waals surface area (Å²) in [4.78, 5) is 23.8. The zero-order valence-electron chi connectivity index (χ0n) is 18.6. The third kappa shape index (κ3) is 4.15. The Hall–Kier alpha value is -3.84. The van der Waals surface area contributed by atoms with Crippen LogP contribution in [0.1, 0.15) is 25.0 Å². The summed E-state index contributed by atoms with van der Waals surface area (Å²) in [5, 5.41) is 21.1. The van der Waals surface area contributed by atoms with Crippen LogP contribution in [-0.4, -0.2) is 30.2 Å². The molecule has 0 aliphatic rings. The first kappa shape index (κ1) is 22.4. The number of phenols is 1. The molecule has 0 radical (unpaired) electrons. The van der Waals surface area contributed by atoms with Gasteiger partial charge in [0, 0.05) is 17.5 Å². The van der Waals surface area contributed by atoms with E-state index in [2.05, 4.69) is 0 Å². The average molecular weight is 448 g/mol. The van der Waals surface area contributed by atoms with E-state index in [1.807, 2.05) is 12.1 Å². The number of furan rings is 1. The van der Waals surface area contributed by atoms with E-state index in [9.17, 15) is 19.8 Å². The summed E-state index contributed by atoms with van der Waals surface area (Å²) in [5.74, 6) is 0.567. The molecule has 0 aliphatic carbocycles. The van der Waals surface area contributed by atoms with Crippen LogP contribution in [0.3, 0.4) is 0 Å². The molecule has 2 N–H and O–H groups in total. The molecule has 0 saturated carbocycles. The number of benzene rings is 2. The topological polar surface area (TPSA) is 110 Å². The van der Waals surface area contributed by atoms with E-state index in [0.717, 1.165) is 17.4 Å². The van der Waals surface area contributed by atoms with E-state index in [1.54, 1.807) is 39.2 Å². The Balaban J connectivity index is 1.97. The van der Waals surface area contributed by atoms with Crippen LogP contribution in [0, 0.1) is 0 Å². The minimum Gasteiger partial charge on any atom is -0.508 e. The summed E-state index contributed by atoms with van der Waals surface area (Å²) in [7, 11) is 1.55. The van der Waals surface area contributed by atoms with Crippen molar-refractivity contribution in [3.05, 3.63) is 69.1 Å². The summed E-state index contributed by atoms with van der Waals surface area (Å²) in [6.07, 6.45) is 5.23. The number of hydrogen-bond acceptors (Lipinski definition) is 7. The van der Waals surface area contributed by atoms with Gasteiger partial charge < -0.3 is 23.8 Å². The van der Waals surface area contributed by atoms with Crippen LogP contribution in [0.25, 0.3) is 32.9 Å². The van der Waals surface area contributed by atoms with Crippen molar-refractivity contribution in [3.63, 3.8) is 0 Å². The highest BCUT2D eigenvalue weighted by Gasteiger charge is 2.19. The highest BCUT2D eigenvalue weighted by molar-refractivity contribution is 6.13. The highest BCUT2D eigenvalue weighted by atomic mass is 16.5. The van der Waals surface area contributed by atoms with Gasteiger partial charge >= 0.3 is 5.63 Å². The Morgan fingerprint density at radius 2 is 1.70 bits per heavy atom. The molecule has 0 fully saturated rings. The molecule has 0 bridgehead atoms. The number of phenolic OH excluding ortho intramolecular Hbond substituents is 1. The first-order valence-corrected chi connectivity index (χ1v) is 10.5. The van der Waals surface area contributed by atoms with Crippen LogP contribution in [0.4, 0.5) is 0 Å². The van der Waals surface area contributed by atoms with E-state index < -0.39 is 5.63 Å². The van der Waals surface area contributed by atoms with Crippen molar-refractivity contribution < 1.29 is 28.6 Å². The predicted octanol–water partition coefficient (Wildman–Crippen LogP) is 4.58. The smallest absolute Gasteiger partial charge is 0.348 e. The van der Waals surface area contributed by atoms with Crippen LogP contribution in [0.5, 0.6) is 11.5 Å². The predicted molar refractivity (Wildman–Crippen MR) is 126 cm³/mol. The van der Waals surface area contributed by atoms with Crippen LogP contribution in [0.15, 0.2) is 61.2 Å². The number of carbonyl (C=O) groups excluding carboxylic acids is 1. The number of fused-ring (bicyclic) bond motifs is 5. The molecule has 7 nitrogen and oxygen atoms in total. The average Bonchev–Trinajstić information content (AvgIpc) is 3.19. The second-order valence-corrected chi connectivity index (χ2v) is 8.02. The number of methoxy groups -OCH3 is 1. The standard InChI is InChI=1S/C26H24O7/c1-14(12-27)4-6-16-8-19-22(10-20(16)29)33-26(30)24-18-9-17(7-5-15(2)13-28)21(31-3)11-23(18)32-25(19)24/h4-5,8-11,13,27,29H,6-7,12H2,1-3H3. The van der Waals surface area contributed by atoms with Crippen molar-refractivity contribution in [1.82, 2.24) is 0 Å². The minimum absolute atomic E-state index is 0.00982. The summed E-state index contributed by atoms with van der Waals surface area (Å²) in [6, 6.07) is 6.66. The number of aliphatic hydroxyl groups excluding tert-OH is 1. The lowest BCUT2D eigenvalue weighted by molar-refractivity contribution is -0.104. The van der Waals surface area contributed by atoms with Gasteiger partial charge in [0.15, 0.2) is 5.58 Å². The van der Waals surface area contributed by atoms with Crippen molar-refractivity contribution in [1.29, 1.82) is 0 Å². The van der Waals surface area contributed by atoms with Crippen molar-refractivity contribution in [2.75, 3.05) is 13.7 Å². The largest absolute Gasteiger partial charge is 0.508 e. The fraction of sp³-hybridized carbons (Fsp3) is 0.231. The Bertz CT molecular complexity index is 1500. The van der Waals surface area contributed by atoms with Gasteiger partial charge in [0.25, 0.3) is 0 Å². The van der Waals surface area contributed by atoms with E-state index in [4.69, 9.17) is 13.6 Å². The fourth-order valence-corrected chi connectivity index (χ4v) is 3.77. The number of hydrogen-bond donors (Lipinski definition) is 2. The number of rotatable bonds is 7. The molecule has 0 atom stereocenters. The molecule has 4 rings (SSSR count). The van der Waals surface area contributed by atoms with Crippen molar-refractivity contribution in [2.45, 2.75) is 26.7 Å². The van der Waals surface area contributed by atoms with Gasteiger partial charge in [-0.1, -0.05) is 17.7 Å². The van der Waals surface area contributed by atoms with Gasteiger partial charge in [-0.15, -0.1) is 0 Å². The molecule has 2 aromatic heterocycles. The first-order chi connectivity index (χ1) is 15.9. The third-order valence-corrected chi connectivity index (χ3v) is 5.67. The van der Waals surface area contributed by atoms with Gasteiger partial charge in [-0.2, -0.15) is 0 Å². The monoisotopic (exact) mass is 448 g/mol. The number of aldehydes is 1. The molecule has 0 unspecified atom stereocenters. The first-order valence-electron chi connectivity index (χ1n) is 10.5. The molecular weight excluding hydrogens is 424 g/mol. The number of allylic oxidation sites excluding steroid dienone is 3. The van der Waals surface area contributed by atoms with Gasteiger partial charge in [0.1, 0.15) is 34.3 Å². The summed E-state index contributed by atoms with van der Waals surface area (Å²) in [6.45, 7) is 3.45. The third-order valence-electron chi connectivity index (χ3n) is 5.67. The van der Waals surface area contributed by atoms with Gasteiger partial charge in [-0.05, 0) is 55.5 Å². The molecule has 0 saturated heterocycles. The Morgan fingerprint density at radius 3 is 2.39 bits per heavy atom. The Labute approximate surface area is 189 Å². The van der Waals surface area contributed by atoms with Gasteiger partial charge in [-0.25, -0.2) is 4.79 Å². The lowest BCUT2D eigenvalue weighted by Crippen LogP contribution is -1.99. The Kier molecular flexibility index (Phi) is 6.07. The Morgan fingerprint density at radius 1 is 1.00 bits per heavy atom. The van der Waals surface area contributed by atoms with Crippen molar-refractivity contribution in [3.8, 4) is 11.5 Å². The molecule has 0 spiro atoms. The lowest BCUT2D eigenvalue weighted by atomic mass is 10.0. The molecular formula is C26H24O7. The zero-order chi connectivity index (χ0) is 23.7. The summed E-state index contributed by atoms with van der Waals surface area (Å²) >= 11 is 0. The van der Waals surface area contributed by atoms with Crippen molar-refractivity contribution >= 4 is 39.2 Å². The number of carbonyl (C=O) groups is 1. The molecule has 0 amide bonds. The molecule has 2 aromatic carbocycles. The second kappa shape index (κ2) is 8.96. The van der Waals surface area contributed by atoms with E-state index in [1.165, 1.54) is 6.07 Å². The quantitative estimate of drug-likeness (QED) is 0.184. The normalized spacial score (nSPS) is 12.7. The summed E-state index contributed by atoms with van der Waals surface area (Å²) < 4.78 is 17.1. The fourth-order valence-electron chi connectivity index (χ4n) is 3.77. The minimum atomic E-state index is -0.574. The van der Waals surface area contributed by atoms with E-state index in [-0.39, 0.29) is 17.9 Å². The summed E-state index contributed by atoms with van der Waals surface area (Å²) in [5.41, 5.74) is 3.25. The molecule has 0 aliphatic heterocycles. The maximum Gasteiger partial charge on any atom is 0.348 e. The van der Waals surface area contributed by atoms with E-state index in [0.29, 0.717) is 57.1 Å². The van der Waals surface area contributed by atoms with Gasteiger partial charge in [-0.3, -0.25) is 4.79 Å². The van der Waals surface area contributed by atoms with Crippen LogP contribution in [0.2, 0.25) is 0 Å². The van der Waals surface area contributed by atoms with Crippen LogP contribution in [-0.2, 0) is 17.6 Å². The van der Waals surface area contributed by atoms with E-state index >= 15 is 0 Å². The van der Waals surface area contributed by atoms with Crippen LogP contribution < -0.4 is 10.4 Å². The molecule has 7 heteroatoms. The molecule has 33 heavy (non-hydrogen) atoms. The maximum absolute atomic E-state index is 12.9. The molecule has 2 heterocycles. The SMILES string of the molecule is COc1cc2oc3c4cc(CC=C(C)CO)c(O)cc4oc(=O)c3c2cc1CC=C(C)C=O. The number of ether oxygens (including phenoxy) is 1. The highest BCUT2D eigenvalue weighted by Crippen LogP contribution is 2.37. The lowest BCUT2D eigenvalue weighted by Gasteiger charge is -2.06. The maximum atomic E-state index is 12.9. The van der Waals surface area contributed by atoms with Gasteiger partial charge in [0.05, 0.1) is 19.1 Å². The molecule has 4 aromatic rings. The zero-order valence-corrected chi connectivity index (χ0v) is 18.6. The van der Waals surface area contributed by atoms with Crippen molar-refractivity contribution in [2.24, 2.45) is 0 Å². The second-order valence-electron chi connectivity index (χ2n) is 8.02. The van der Waals surface area contributed by atoms with Gasteiger partial charge in [0.2, 0.25) is 0 Å². The molecule has 170 valence electrons. The van der Waals surface area contributed by atoms with Crippen LogP contribution >= 0.6 is 0 Å².